The van der Waals surface area contributed by atoms with Crippen LogP contribution in [0.1, 0.15) is 321 Å². The van der Waals surface area contributed by atoms with Crippen LogP contribution in [0, 0.1) is 81.3 Å². The Kier molecular flexibility index (Phi) is 37.9. The average Bonchev–Trinajstić information content (AvgIpc) is 1.55. The number of carbonyl (C=O) groups excluding carboxylic acids is 11. The van der Waals surface area contributed by atoms with Gasteiger partial charge in [0.25, 0.3) is 0 Å². The van der Waals surface area contributed by atoms with Gasteiger partial charge in [0.15, 0.2) is 0 Å². The lowest BCUT2D eigenvalue weighted by Gasteiger charge is -2.48. The summed E-state index contributed by atoms with van der Waals surface area (Å²) in [4.78, 5) is 131. The normalized spacial score (nSPS) is 33.9. The molecule has 22 heteroatoms. The summed E-state index contributed by atoms with van der Waals surface area (Å²) < 4.78 is 60.6. The van der Waals surface area contributed by atoms with E-state index in [2.05, 4.69) is 0 Å². The number of fused-ring (bicyclic) bond motifs is 9. The molecule has 22 nitrogen and oxygen atoms in total. The second-order valence-corrected chi connectivity index (χ2v) is 32.7. The van der Waals surface area contributed by atoms with E-state index < -0.39 is 62.3 Å². The highest BCUT2D eigenvalue weighted by molar-refractivity contribution is 5.85. The number of rotatable bonds is 17. The van der Waals surface area contributed by atoms with Gasteiger partial charge < -0.3 is 52.1 Å². The minimum atomic E-state index is -1.37. The Morgan fingerprint density at radius 1 is 0.486 bits per heavy atom. The molecule has 14 aliphatic rings. The van der Waals surface area contributed by atoms with E-state index in [9.17, 15) is 52.7 Å². The Morgan fingerprint density at radius 3 is 1.53 bits per heavy atom. The summed E-state index contributed by atoms with van der Waals surface area (Å²) >= 11 is 0. The monoisotopic (exact) mass is 1500 g/mol. The summed E-state index contributed by atoms with van der Waals surface area (Å²) in [5.74, 6) is -1.82. The first-order valence-electron chi connectivity index (χ1n) is 35.5. The van der Waals surface area contributed by atoms with E-state index in [1.807, 2.05) is 104 Å². The van der Waals surface area contributed by atoms with Gasteiger partial charge in [0, 0.05) is 42.9 Å². The van der Waals surface area contributed by atoms with Crippen LogP contribution in [-0.4, -0.2) is 130 Å². The van der Waals surface area contributed by atoms with Crippen LogP contribution < -0.4 is 0 Å². The topological polar surface area (TPSA) is 289 Å². The maximum Gasteiger partial charge on any atom is 0.350 e. The lowest BCUT2D eigenvalue weighted by Crippen LogP contribution is -2.59. The smallest absolute Gasteiger partial charge is 0.350 e. The summed E-state index contributed by atoms with van der Waals surface area (Å²) in [5, 5.41) is 0. The number of ether oxygens (including phenoxy) is 11. The summed E-state index contributed by atoms with van der Waals surface area (Å²) in [6.45, 7) is 35.3. The second kappa shape index (κ2) is 38.5. The molecule has 0 radical (unpaired) electrons. The lowest BCUT2D eigenvalue weighted by molar-refractivity contribution is -0.224. The van der Waals surface area contributed by atoms with Gasteiger partial charge in [-0.3, -0.25) is 47.9 Å². The van der Waals surface area contributed by atoms with Gasteiger partial charge >= 0.3 is 65.7 Å². The molecule has 12 bridgehead atoms. The van der Waals surface area contributed by atoms with Gasteiger partial charge in [-0.05, 0) is 179 Å². The van der Waals surface area contributed by atoms with Gasteiger partial charge in [0.05, 0.1) is 57.7 Å². The van der Waals surface area contributed by atoms with Crippen LogP contribution in [0.5, 0.6) is 0 Å². The Bertz CT molecular complexity index is 2970. The third kappa shape index (κ3) is 20.8. The number of hydrogen-bond donors (Lipinski definition) is 0. The largest absolute Gasteiger partial charge is 0.458 e. The van der Waals surface area contributed by atoms with E-state index in [1.165, 1.54) is 13.8 Å². The summed E-state index contributed by atoms with van der Waals surface area (Å²) in [6, 6.07) is 0. The van der Waals surface area contributed by atoms with Crippen molar-refractivity contribution in [1.29, 1.82) is 0 Å². The van der Waals surface area contributed by atoms with Gasteiger partial charge in [0.2, 0.25) is 5.60 Å². The van der Waals surface area contributed by atoms with Crippen molar-refractivity contribution in [1.82, 2.24) is 0 Å². The molecule has 7 aliphatic heterocycles. The highest BCUT2D eigenvalue weighted by Gasteiger charge is 2.70. The molecule has 21 unspecified atom stereocenters. The minimum Gasteiger partial charge on any atom is -0.458 e. The van der Waals surface area contributed by atoms with Gasteiger partial charge in [-0.15, -0.1) is 0 Å². The zero-order valence-corrected chi connectivity index (χ0v) is 60.0. The predicted molar refractivity (Wildman–Crippen MR) is 407 cm³/mol. The maximum atomic E-state index is 12.6. The second-order valence-electron chi connectivity index (χ2n) is 32.7. The van der Waals surface area contributed by atoms with Crippen LogP contribution in [0.15, 0.2) is 0 Å². The van der Waals surface area contributed by atoms with Crippen LogP contribution in [0.25, 0.3) is 0 Å². The molecule has 7 aliphatic carbocycles. The molecule has 0 aromatic heterocycles. The Labute approximate surface area is 635 Å². The molecule has 0 spiro atoms. The molecular weight excluding hydrogens is 1350 g/mol. The summed E-state index contributed by atoms with van der Waals surface area (Å²) in [5.41, 5.74) is -5.52. The fraction of sp³-hybridized carbons (Fsp3) is 0.867. The first-order chi connectivity index (χ1) is 44.1. The number of hydrogen-bond acceptors (Lipinski definition) is 22. The van der Waals surface area contributed by atoms with E-state index in [0.717, 1.165) is 89.9 Å². The third-order valence-electron chi connectivity index (χ3n) is 24.5. The molecule has 614 valence electrons. The first-order valence-corrected chi connectivity index (χ1v) is 35.5. The Balaban J connectivity index is -0.00000122. The third-order valence-corrected chi connectivity index (χ3v) is 24.5. The molecule has 105 heavy (non-hydrogen) atoms. The molecule has 0 N–H and O–H groups in total. The number of esters is 11. The van der Waals surface area contributed by atoms with E-state index in [0.29, 0.717) is 31.6 Å². The van der Waals surface area contributed by atoms with E-state index in [1.54, 1.807) is 13.8 Å². The molecule has 14 fully saturated rings. The van der Waals surface area contributed by atoms with E-state index >= 15 is 0 Å². The lowest BCUT2D eigenvalue weighted by atomic mass is 9.71. The summed E-state index contributed by atoms with van der Waals surface area (Å²) in [6.07, 6.45) is 12.0. The Morgan fingerprint density at radius 2 is 1.00 bits per heavy atom. The SMILES string of the molecule is C.C.C.C.C.C.C.C.C.C.CCC(C)(C)C(=O)OC(C)(C)C(=O)OC1C2CC3C(=O)OC1C3C2.CCC(C)(C)C(=O)OC1C2CC3CC2C(=O)OC31C.CCC(C)(C)C(=O)OC1CC2CCC1(C)OC2=O.CCC(C)C(=O)OC1(C)CCC2CC1(C)OC2=O.CCC(C)C(=O)OC1CCC2CC1OC2=O. The van der Waals surface area contributed by atoms with Gasteiger partial charge in [-0.25, -0.2) is 4.79 Å². The van der Waals surface area contributed by atoms with Crippen molar-refractivity contribution in [2.24, 2.45) is 81.3 Å². The molecule has 0 aromatic carbocycles. The minimum absolute atomic E-state index is 0. The molecule has 7 heterocycles. The summed E-state index contributed by atoms with van der Waals surface area (Å²) in [7, 11) is 0. The van der Waals surface area contributed by atoms with Crippen LogP contribution in [0.4, 0.5) is 0 Å². The molecule has 14 rings (SSSR count). The highest BCUT2D eigenvalue weighted by atomic mass is 16.6. The zero-order valence-electron chi connectivity index (χ0n) is 60.0. The fourth-order valence-corrected chi connectivity index (χ4v) is 15.3. The van der Waals surface area contributed by atoms with Crippen molar-refractivity contribution in [3.63, 3.8) is 0 Å². The van der Waals surface area contributed by atoms with Crippen molar-refractivity contribution in [3.05, 3.63) is 0 Å². The van der Waals surface area contributed by atoms with Crippen LogP contribution in [0.2, 0.25) is 0 Å². The van der Waals surface area contributed by atoms with Crippen molar-refractivity contribution in [2.45, 2.75) is 386 Å². The standard InChI is InChI=1S/C18H26O6.C15H22O4.2C14H22O4.C12H18O4.10CH4/c1-6-17(2,3)15(20)24-18(4,5)16(21)23-12-9-7-10-11(8-9)14(19)22-13(10)12;1-5-14(2,3)13(17)18-11-9-6-8-7-10(9)12(16)19-15(8,11)4;1-5-13(2,3)12(16)17-10-8-9-6-7-14(10,4)18-11(9)15;1-5-9(2)11(15)17-13(3)7-6-10-8-14(13,4)18-12(10)16;1-3-7(2)11(13)15-9-5-4-8-6-10(9)16-12(8)14;;;;;;;;;;/h9-13H,6-8H2,1-5H3;8-11H,5-7H2,1-4H3;2*9-10H,5-8H2,1-4H3;7-10H,3-6H2,1-2H3;10*1H4. The average molecular weight is 1500 g/mol. The van der Waals surface area contributed by atoms with Crippen LogP contribution in [-0.2, 0) is 105 Å². The fourth-order valence-electron chi connectivity index (χ4n) is 15.3. The molecular formula is C83H150O22. The van der Waals surface area contributed by atoms with E-state index in [4.69, 9.17) is 52.1 Å². The highest BCUT2D eigenvalue weighted by Crippen LogP contribution is 2.61. The van der Waals surface area contributed by atoms with Gasteiger partial charge in [-0.1, -0.05) is 123 Å². The Hall–Kier alpha value is -5.83. The maximum absolute atomic E-state index is 12.6. The van der Waals surface area contributed by atoms with Crippen molar-refractivity contribution in [3.8, 4) is 0 Å². The first kappa shape index (κ1) is 103. The van der Waals surface area contributed by atoms with Gasteiger partial charge in [0.1, 0.15) is 59.0 Å². The van der Waals surface area contributed by atoms with E-state index in [-0.39, 0.29) is 218 Å². The van der Waals surface area contributed by atoms with Crippen LogP contribution in [0.3, 0.4) is 0 Å². The van der Waals surface area contributed by atoms with Crippen molar-refractivity contribution in [2.75, 3.05) is 0 Å². The molecule has 0 aromatic rings. The molecule has 7 saturated carbocycles. The molecule has 7 saturated heterocycles. The predicted octanol–water partition coefficient (Wildman–Crippen LogP) is 17.5. The molecule has 0 amide bonds. The van der Waals surface area contributed by atoms with Crippen molar-refractivity contribution < 1.29 is 105 Å². The van der Waals surface area contributed by atoms with Crippen LogP contribution >= 0.6 is 0 Å². The van der Waals surface area contributed by atoms with Crippen molar-refractivity contribution >= 4 is 65.7 Å². The zero-order chi connectivity index (χ0) is 70.7. The molecule has 21 atom stereocenters. The quantitative estimate of drug-likeness (QED) is 0.0965. The number of carbonyl (C=O) groups is 11. The van der Waals surface area contributed by atoms with Gasteiger partial charge in [-0.2, -0.15) is 0 Å².